The van der Waals surface area contributed by atoms with Gasteiger partial charge in [-0.1, -0.05) is 66.7 Å². The van der Waals surface area contributed by atoms with Gasteiger partial charge in [0.25, 0.3) is 0 Å². The summed E-state index contributed by atoms with van der Waals surface area (Å²) in [4.78, 5) is 9.83. The average Bonchev–Trinajstić information content (AvgIpc) is 2.70. The third kappa shape index (κ3) is 4.37. The lowest BCUT2D eigenvalue weighted by molar-refractivity contribution is 0.136. The minimum Gasteiger partial charge on any atom is -0.297 e. The van der Waals surface area contributed by atoms with E-state index in [9.17, 15) is 0 Å². The standard InChI is InChI=1S/C23H25N3/c1-2-7-20(8-3-1)9-6-14-25-15-17-26(18-16-25)19-22-13-12-21-10-4-5-11-23(21)24-22/h1-13H,14-19H2/b9-6-. The number of hydrogen-bond donors (Lipinski definition) is 0. The van der Waals surface area contributed by atoms with E-state index in [1.807, 2.05) is 0 Å². The minimum atomic E-state index is 0.943. The van der Waals surface area contributed by atoms with Crippen LogP contribution in [0.1, 0.15) is 11.3 Å². The molecule has 0 amide bonds. The zero-order chi connectivity index (χ0) is 17.6. The van der Waals surface area contributed by atoms with Crippen LogP contribution < -0.4 is 0 Å². The Morgan fingerprint density at radius 1 is 0.769 bits per heavy atom. The fourth-order valence-corrected chi connectivity index (χ4v) is 3.46. The largest absolute Gasteiger partial charge is 0.297 e. The molecule has 3 aromatic rings. The van der Waals surface area contributed by atoms with E-state index in [0.29, 0.717) is 0 Å². The normalized spacial score (nSPS) is 16.5. The van der Waals surface area contributed by atoms with E-state index >= 15 is 0 Å². The van der Waals surface area contributed by atoms with Crippen LogP contribution in [0, 0.1) is 0 Å². The zero-order valence-electron chi connectivity index (χ0n) is 15.1. The van der Waals surface area contributed by atoms with Crippen molar-refractivity contribution in [2.75, 3.05) is 32.7 Å². The van der Waals surface area contributed by atoms with Gasteiger partial charge in [0.1, 0.15) is 0 Å². The van der Waals surface area contributed by atoms with Crippen molar-refractivity contribution in [1.29, 1.82) is 0 Å². The molecule has 0 atom stereocenters. The van der Waals surface area contributed by atoms with E-state index in [-0.39, 0.29) is 0 Å². The van der Waals surface area contributed by atoms with Gasteiger partial charge in [0.15, 0.2) is 0 Å². The molecule has 1 aliphatic heterocycles. The molecule has 3 heteroatoms. The zero-order valence-corrected chi connectivity index (χ0v) is 15.1. The third-order valence-electron chi connectivity index (χ3n) is 4.98. The van der Waals surface area contributed by atoms with E-state index in [1.165, 1.54) is 16.6 Å². The van der Waals surface area contributed by atoms with Gasteiger partial charge >= 0.3 is 0 Å². The van der Waals surface area contributed by atoms with Gasteiger partial charge in [0.05, 0.1) is 11.2 Å². The highest BCUT2D eigenvalue weighted by Crippen LogP contribution is 2.14. The molecule has 0 saturated carbocycles. The molecule has 0 unspecified atom stereocenters. The second-order valence-corrected chi connectivity index (χ2v) is 6.89. The second-order valence-electron chi connectivity index (χ2n) is 6.89. The molecular weight excluding hydrogens is 318 g/mol. The number of piperazine rings is 1. The molecule has 4 rings (SSSR count). The van der Waals surface area contributed by atoms with Crippen molar-refractivity contribution in [2.45, 2.75) is 6.54 Å². The fraction of sp³-hybridized carbons (Fsp3) is 0.261. The van der Waals surface area contributed by atoms with Crippen molar-refractivity contribution in [1.82, 2.24) is 14.8 Å². The highest BCUT2D eigenvalue weighted by molar-refractivity contribution is 5.78. The SMILES string of the molecule is C(=C/c1ccccc1)/CN1CCN(Cc2ccc3ccccc3n2)CC1. The molecule has 0 spiro atoms. The summed E-state index contributed by atoms with van der Waals surface area (Å²) in [5.41, 5.74) is 3.53. The lowest BCUT2D eigenvalue weighted by atomic mass is 10.2. The van der Waals surface area contributed by atoms with Crippen LogP contribution >= 0.6 is 0 Å². The van der Waals surface area contributed by atoms with Gasteiger partial charge in [-0.25, -0.2) is 0 Å². The van der Waals surface area contributed by atoms with Crippen LogP contribution in [0.3, 0.4) is 0 Å². The first-order valence-electron chi connectivity index (χ1n) is 9.38. The van der Waals surface area contributed by atoms with Gasteiger partial charge in [-0.15, -0.1) is 0 Å². The van der Waals surface area contributed by atoms with Crippen molar-refractivity contribution in [3.63, 3.8) is 0 Å². The molecule has 0 N–H and O–H groups in total. The van der Waals surface area contributed by atoms with Gasteiger partial charge in [0.2, 0.25) is 0 Å². The first-order chi connectivity index (χ1) is 12.9. The number of aromatic nitrogens is 1. The maximum atomic E-state index is 4.81. The molecule has 0 aliphatic carbocycles. The number of fused-ring (bicyclic) bond motifs is 1. The quantitative estimate of drug-likeness (QED) is 0.696. The predicted octanol–water partition coefficient (Wildman–Crippen LogP) is 4.07. The van der Waals surface area contributed by atoms with Crippen molar-refractivity contribution < 1.29 is 0 Å². The van der Waals surface area contributed by atoms with Gasteiger partial charge in [0, 0.05) is 44.7 Å². The van der Waals surface area contributed by atoms with Gasteiger partial charge < -0.3 is 0 Å². The summed E-state index contributed by atoms with van der Waals surface area (Å²) in [6.07, 6.45) is 4.49. The molecule has 0 bridgehead atoms. The summed E-state index contributed by atoms with van der Waals surface area (Å²) in [6.45, 7) is 6.41. The number of hydrogen-bond acceptors (Lipinski definition) is 3. The molecule has 1 fully saturated rings. The Labute approximate surface area is 155 Å². The van der Waals surface area contributed by atoms with Gasteiger partial charge in [-0.05, 0) is 17.7 Å². The maximum Gasteiger partial charge on any atom is 0.0705 e. The Hall–Kier alpha value is -2.49. The molecular formula is C23H25N3. The highest BCUT2D eigenvalue weighted by atomic mass is 15.3. The van der Waals surface area contributed by atoms with E-state index in [2.05, 4.69) is 88.7 Å². The highest BCUT2D eigenvalue weighted by Gasteiger charge is 2.16. The van der Waals surface area contributed by atoms with E-state index in [1.54, 1.807) is 0 Å². The molecule has 132 valence electrons. The maximum absolute atomic E-state index is 4.81. The molecule has 3 nitrogen and oxygen atoms in total. The van der Waals surface area contributed by atoms with Gasteiger partial charge in [-0.3, -0.25) is 14.8 Å². The van der Waals surface area contributed by atoms with E-state index < -0.39 is 0 Å². The lowest BCUT2D eigenvalue weighted by Gasteiger charge is -2.33. The van der Waals surface area contributed by atoms with Crippen LogP contribution in [0.25, 0.3) is 17.0 Å². The molecule has 2 heterocycles. The first kappa shape index (κ1) is 17.0. The van der Waals surface area contributed by atoms with Gasteiger partial charge in [-0.2, -0.15) is 0 Å². The lowest BCUT2D eigenvalue weighted by Crippen LogP contribution is -2.45. The monoisotopic (exact) mass is 343 g/mol. The topological polar surface area (TPSA) is 19.4 Å². The molecule has 1 saturated heterocycles. The molecule has 1 aromatic heterocycles. The van der Waals surface area contributed by atoms with Crippen molar-refractivity contribution in [3.05, 3.63) is 84.1 Å². The molecule has 0 radical (unpaired) electrons. The Balaban J connectivity index is 1.27. The number of rotatable bonds is 5. The van der Waals surface area contributed by atoms with Crippen molar-refractivity contribution in [3.8, 4) is 0 Å². The Kier molecular flexibility index (Phi) is 5.38. The summed E-state index contributed by atoms with van der Waals surface area (Å²) in [7, 11) is 0. The van der Waals surface area contributed by atoms with Crippen LogP contribution in [-0.2, 0) is 6.54 Å². The van der Waals surface area contributed by atoms with Crippen molar-refractivity contribution in [2.24, 2.45) is 0 Å². The van der Waals surface area contributed by atoms with Crippen LogP contribution in [0.15, 0.2) is 72.8 Å². The number of para-hydroxylation sites is 1. The summed E-state index contributed by atoms with van der Waals surface area (Å²) in [6, 6.07) is 23.2. The third-order valence-corrected chi connectivity index (χ3v) is 4.98. The molecule has 1 aliphatic rings. The minimum absolute atomic E-state index is 0.943. The Morgan fingerprint density at radius 2 is 1.50 bits per heavy atom. The predicted molar refractivity (Wildman–Crippen MR) is 109 cm³/mol. The Bertz CT molecular complexity index is 865. The van der Waals surface area contributed by atoms with Crippen LogP contribution in [0.5, 0.6) is 0 Å². The molecule has 26 heavy (non-hydrogen) atoms. The molecule has 2 aromatic carbocycles. The fourth-order valence-electron chi connectivity index (χ4n) is 3.46. The average molecular weight is 343 g/mol. The first-order valence-corrected chi connectivity index (χ1v) is 9.38. The summed E-state index contributed by atoms with van der Waals surface area (Å²) < 4.78 is 0. The number of pyridine rings is 1. The summed E-state index contributed by atoms with van der Waals surface area (Å²) in [5.74, 6) is 0. The Morgan fingerprint density at radius 3 is 2.35 bits per heavy atom. The van der Waals surface area contributed by atoms with Crippen molar-refractivity contribution >= 4 is 17.0 Å². The number of benzene rings is 2. The van der Waals surface area contributed by atoms with Crippen LogP contribution in [0.4, 0.5) is 0 Å². The summed E-state index contributed by atoms with van der Waals surface area (Å²) in [5, 5.41) is 1.21. The summed E-state index contributed by atoms with van der Waals surface area (Å²) >= 11 is 0. The number of nitrogens with zero attached hydrogens (tertiary/aromatic N) is 3. The second kappa shape index (κ2) is 8.26. The van der Waals surface area contributed by atoms with E-state index in [4.69, 9.17) is 4.98 Å². The van der Waals surface area contributed by atoms with E-state index in [0.717, 1.165) is 44.8 Å². The smallest absolute Gasteiger partial charge is 0.0705 e. The van der Waals surface area contributed by atoms with Crippen LogP contribution in [-0.4, -0.2) is 47.5 Å². The van der Waals surface area contributed by atoms with Crippen LogP contribution in [0.2, 0.25) is 0 Å².